The first-order chi connectivity index (χ1) is 9.08. The molecule has 0 bridgehead atoms. The van der Waals surface area contributed by atoms with Crippen molar-refractivity contribution >= 4 is 12.0 Å². The normalized spacial score (nSPS) is 27.4. The Hall–Kier alpha value is -1.30. The lowest BCUT2D eigenvalue weighted by Crippen LogP contribution is -2.45. The van der Waals surface area contributed by atoms with Crippen LogP contribution in [0.3, 0.4) is 0 Å². The summed E-state index contributed by atoms with van der Waals surface area (Å²) in [4.78, 5) is 24.5. The zero-order chi connectivity index (χ0) is 13.8. The molecule has 2 aliphatic rings. The van der Waals surface area contributed by atoms with E-state index in [2.05, 4.69) is 5.32 Å². The molecular weight excluding hydrogens is 248 g/mol. The van der Waals surface area contributed by atoms with Crippen molar-refractivity contribution in [3.8, 4) is 0 Å². The number of carbonyl (C=O) groups is 2. The molecule has 1 aliphatic carbocycles. The average molecular weight is 270 g/mol. The van der Waals surface area contributed by atoms with Crippen LogP contribution in [0.4, 0.5) is 4.79 Å². The topological polar surface area (TPSA) is 78.9 Å². The van der Waals surface area contributed by atoms with E-state index in [0.717, 1.165) is 12.8 Å². The molecular formula is C13H22N2O4. The first-order valence-corrected chi connectivity index (χ1v) is 6.97. The number of hydrogen-bond donors (Lipinski definition) is 2. The molecule has 1 saturated carbocycles. The third-order valence-corrected chi connectivity index (χ3v) is 4.06. The van der Waals surface area contributed by atoms with Crippen molar-refractivity contribution in [2.45, 2.75) is 56.8 Å². The Morgan fingerprint density at radius 3 is 2.53 bits per heavy atom. The summed E-state index contributed by atoms with van der Waals surface area (Å²) in [7, 11) is 1.82. The van der Waals surface area contributed by atoms with Crippen molar-refractivity contribution in [3.05, 3.63) is 0 Å². The van der Waals surface area contributed by atoms with E-state index in [4.69, 9.17) is 9.84 Å². The molecule has 2 atom stereocenters. The fourth-order valence-corrected chi connectivity index (χ4v) is 2.82. The Balaban J connectivity index is 1.70. The summed E-state index contributed by atoms with van der Waals surface area (Å²) in [6.07, 6.45) is 4.84. The number of nitrogens with one attached hydrogen (secondary N) is 1. The molecule has 2 amide bonds. The fraction of sp³-hybridized carbons (Fsp3) is 0.846. The third kappa shape index (κ3) is 3.59. The van der Waals surface area contributed by atoms with Gasteiger partial charge in [-0.1, -0.05) is 12.8 Å². The quantitative estimate of drug-likeness (QED) is 0.804. The van der Waals surface area contributed by atoms with Crippen LogP contribution >= 0.6 is 0 Å². The second-order valence-electron chi connectivity index (χ2n) is 5.40. The van der Waals surface area contributed by atoms with E-state index in [1.54, 1.807) is 4.90 Å². The molecule has 0 aromatic carbocycles. The van der Waals surface area contributed by atoms with Crippen LogP contribution in [-0.4, -0.2) is 53.8 Å². The number of rotatable bonds is 4. The summed E-state index contributed by atoms with van der Waals surface area (Å²) in [6, 6.07) is 0.255. The second-order valence-corrected chi connectivity index (χ2v) is 5.40. The van der Waals surface area contributed by atoms with Crippen molar-refractivity contribution in [2.24, 2.45) is 0 Å². The number of urea groups is 1. The second kappa shape index (κ2) is 6.23. The molecule has 2 N–H and O–H groups in total. The molecule has 6 heteroatoms. The number of carbonyl (C=O) groups excluding carboxylic acids is 1. The Morgan fingerprint density at radius 2 is 1.95 bits per heavy atom. The summed E-state index contributed by atoms with van der Waals surface area (Å²) >= 11 is 0. The maximum Gasteiger partial charge on any atom is 0.332 e. The van der Waals surface area contributed by atoms with Crippen LogP contribution in [0, 0.1) is 0 Å². The smallest absolute Gasteiger partial charge is 0.332 e. The number of hydrogen-bond acceptors (Lipinski definition) is 3. The molecule has 1 aliphatic heterocycles. The number of nitrogens with zero attached hydrogens (tertiary/aromatic N) is 1. The van der Waals surface area contributed by atoms with Crippen molar-refractivity contribution in [3.63, 3.8) is 0 Å². The number of aliphatic carboxylic acids is 1. The molecule has 2 fully saturated rings. The first kappa shape index (κ1) is 14.1. The summed E-state index contributed by atoms with van der Waals surface area (Å²) in [5.41, 5.74) is 0. The minimum absolute atomic E-state index is 0.0886. The maximum atomic E-state index is 11.9. The monoisotopic (exact) mass is 270 g/mol. The fourth-order valence-electron chi connectivity index (χ4n) is 2.82. The third-order valence-electron chi connectivity index (χ3n) is 4.06. The van der Waals surface area contributed by atoms with E-state index in [1.807, 2.05) is 7.05 Å². The van der Waals surface area contributed by atoms with Gasteiger partial charge in [0.05, 0.1) is 6.10 Å². The SMILES string of the molecule is CN(C(=O)NCC1CCC(C(=O)O)O1)C1CCCC1. The molecule has 0 spiro atoms. The molecule has 6 nitrogen and oxygen atoms in total. The summed E-state index contributed by atoms with van der Waals surface area (Å²) in [5, 5.41) is 11.6. The standard InChI is InChI=1S/C13H22N2O4/c1-15(9-4-2-3-5-9)13(18)14-8-10-6-7-11(19-10)12(16)17/h9-11H,2-8H2,1H3,(H,14,18)(H,16,17). The summed E-state index contributed by atoms with van der Waals surface area (Å²) in [5.74, 6) is -0.920. The van der Waals surface area contributed by atoms with Gasteiger partial charge in [-0.05, 0) is 25.7 Å². The van der Waals surface area contributed by atoms with E-state index >= 15 is 0 Å². The van der Waals surface area contributed by atoms with E-state index in [0.29, 0.717) is 25.4 Å². The van der Waals surface area contributed by atoms with Gasteiger partial charge in [-0.3, -0.25) is 0 Å². The average Bonchev–Trinajstić information content (AvgIpc) is 3.05. The zero-order valence-electron chi connectivity index (χ0n) is 11.3. The predicted octanol–water partition coefficient (Wildman–Crippen LogP) is 1.20. The van der Waals surface area contributed by atoms with E-state index < -0.39 is 12.1 Å². The lowest BCUT2D eigenvalue weighted by atomic mass is 10.2. The summed E-state index contributed by atoms with van der Waals surface area (Å²) < 4.78 is 5.35. The lowest BCUT2D eigenvalue weighted by Gasteiger charge is -2.25. The van der Waals surface area contributed by atoms with Crippen molar-refractivity contribution < 1.29 is 19.4 Å². The molecule has 19 heavy (non-hydrogen) atoms. The highest BCUT2D eigenvalue weighted by Crippen LogP contribution is 2.22. The molecule has 2 rings (SSSR count). The highest BCUT2D eigenvalue weighted by atomic mass is 16.5. The molecule has 2 unspecified atom stereocenters. The van der Waals surface area contributed by atoms with Gasteiger partial charge in [0.2, 0.25) is 0 Å². The van der Waals surface area contributed by atoms with Gasteiger partial charge in [0.1, 0.15) is 0 Å². The van der Waals surface area contributed by atoms with Crippen LogP contribution in [0.25, 0.3) is 0 Å². The Labute approximate surface area is 113 Å². The highest BCUT2D eigenvalue weighted by molar-refractivity contribution is 5.74. The largest absolute Gasteiger partial charge is 0.479 e. The van der Waals surface area contributed by atoms with Gasteiger partial charge < -0.3 is 20.1 Å². The zero-order valence-corrected chi connectivity index (χ0v) is 11.3. The van der Waals surface area contributed by atoms with Gasteiger partial charge in [0, 0.05) is 19.6 Å². The van der Waals surface area contributed by atoms with Crippen LogP contribution in [-0.2, 0) is 9.53 Å². The number of ether oxygens (including phenoxy) is 1. The van der Waals surface area contributed by atoms with Crippen LogP contribution in [0.1, 0.15) is 38.5 Å². The van der Waals surface area contributed by atoms with E-state index in [9.17, 15) is 9.59 Å². The molecule has 108 valence electrons. The van der Waals surface area contributed by atoms with Gasteiger partial charge in [-0.2, -0.15) is 0 Å². The minimum atomic E-state index is -0.920. The van der Waals surface area contributed by atoms with Crippen molar-refractivity contribution in [1.82, 2.24) is 10.2 Å². The Morgan fingerprint density at radius 1 is 1.26 bits per heavy atom. The van der Waals surface area contributed by atoms with Crippen LogP contribution in [0.5, 0.6) is 0 Å². The minimum Gasteiger partial charge on any atom is -0.479 e. The van der Waals surface area contributed by atoms with Crippen molar-refractivity contribution in [1.29, 1.82) is 0 Å². The van der Waals surface area contributed by atoms with Crippen molar-refractivity contribution in [2.75, 3.05) is 13.6 Å². The number of carboxylic acids is 1. The molecule has 0 radical (unpaired) electrons. The predicted molar refractivity (Wildman–Crippen MR) is 68.9 cm³/mol. The summed E-state index contributed by atoms with van der Waals surface area (Å²) in [6.45, 7) is 0.389. The highest BCUT2D eigenvalue weighted by Gasteiger charge is 2.31. The van der Waals surface area contributed by atoms with Crippen LogP contribution in [0.2, 0.25) is 0 Å². The van der Waals surface area contributed by atoms with Gasteiger partial charge in [-0.25, -0.2) is 9.59 Å². The van der Waals surface area contributed by atoms with E-state index in [-0.39, 0.29) is 12.1 Å². The maximum absolute atomic E-state index is 11.9. The number of carboxylic acid groups (broad SMARTS) is 1. The van der Waals surface area contributed by atoms with Gasteiger partial charge in [0.25, 0.3) is 0 Å². The number of amides is 2. The van der Waals surface area contributed by atoms with Gasteiger partial charge in [0.15, 0.2) is 6.10 Å². The first-order valence-electron chi connectivity index (χ1n) is 6.97. The van der Waals surface area contributed by atoms with Crippen LogP contribution in [0.15, 0.2) is 0 Å². The van der Waals surface area contributed by atoms with Crippen LogP contribution < -0.4 is 5.32 Å². The lowest BCUT2D eigenvalue weighted by molar-refractivity contribution is -0.149. The Kier molecular flexibility index (Phi) is 4.63. The van der Waals surface area contributed by atoms with Gasteiger partial charge in [-0.15, -0.1) is 0 Å². The molecule has 0 aromatic rings. The van der Waals surface area contributed by atoms with E-state index in [1.165, 1.54) is 12.8 Å². The molecule has 1 heterocycles. The Bertz CT molecular complexity index is 342. The molecule has 1 saturated heterocycles. The van der Waals surface area contributed by atoms with Gasteiger partial charge >= 0.3 is 12.0 Å². The molecule has 0 aromatic heterocycles.